The average Bonchev–Trinajstić information content (AvgIpc) is 3.19. The summed E-state index contributed by atoms with van der Waals surface area (Å²) < 4.78 is 6.84. The van der Waals surface area contributed by atoms with Crippen molar-refractivity contribution in [2.45, 2.75) is 19.5 Å². The van der Waals surface area contributed by atoms with Crippen LogP contribution in [-0.2, 0) is 19.5 Å². The van der Waals surface area contributed by atoms with Crippen LogP contribution in [-0.4, -0.2) is 39.0 Å². The molecule has 1 aliphatic rings. The van der Waals surface area contributed by atoms with Crippen molar-refractivity contribution in [3.63, 3.8) is 0 Å². The molecule has 1 amide bonds. The van der Waals surface area contributed by atoms with Crippen LogP contribution in [0.15, 0.2) is 59.8 Å². The van der Waals surface area contributed by atoms with Gasteiger partial charge in [-0.25, -0.2) is 4.98 Å². The first-order valence-electron chi connectivity index (χ1n) is 9.97. The number of aromatic nitrogens is 3. The zero-order valence-electron chi connectivity index (χ0n) is 16.9. The minimum Gasteiger partial charge on any atom is -0.497 e. The van der Waals surface area contributed by atoms with E-state index in [2.05, 4.69) is 9.97 Å². The zero-order chi connectivity index (χ0) is 21.4. The lowest BCUT2D eigenvalue weighted by Crippen LogP contribution is -2.35. The first-order valence-corrected chi connectivity index (χ1v) is 10.8. The van der Waals surface area contributed by atoms with Crippen molar-refractivity contribution in [1.82, 2.24) is 19.4 Å². The van der Waals surface area contributed by atoms with Crippen molar-refractivity contribution < 1.29 is 9.53 Å². The molecule has 0 bridgehead atoms. The van der Waals surface area contributed by atoms with Gasteiger partial charge in [-0.05, 0) is 42.3 Å². The van der Waals surface area contributed by atoms with Gasteiger partial charge in [0.2, 0.25) is 0 Å². The van der Waals surface area contributed by atoms with E-state index in [1.54, 1.807) is 36.3 Å². The smallest absolute Gasteiger partial charge is 0.262 e. The number of ether oxygens (including phenoxy) is 1. The van der Waals surface area contributed by atoms with E-state index < -0.39 is 0 Å². The lowest BCUT2D eigenvalue weighted by molar-refractivity contribution is 0.0737. The molecule has 0 radical (unpaired) electrons. The summed E-state index contributed by atoms with van der Waals surface area (Å²) in [6.45, 7) is 1.42. The van der Waals surface area contributed by atoms with E-state index in [4.69, 9.17) is 4.74 Å². The fraction of sp³-hybridized carbons (Fsp3) is 0.217. The third kappa shape index (κ3) is 3.59. The van der Waals surface area contributed by atoms with Crippen LogP contribution in [0.5, 0.6) is 5.75 Å². The largest absolute Gasteiger partial charge is 0.497 e. The summed E-state index contributed by atoms with van der Waals surface area (Å²) in [5.74, 6) is 0.616. The van der Waals surface area contributed by atoms with Gasteiger partial charge in [0.05, 0.1) is 37.6 Å². The van der Waals surface area contributed by atoms with Crippen LogP contribution in [0.2, 0.25) is 0 Å². The summed E-state index contributed by atoms with van der Waals surface area (Å²) in [6, 6.07) is 12.8. The van der Waals surface area contributed by atoms with Gasteiger partial charge in [-0.2, -0.15) is 0 Å². The molecule has 5 rings (SSSR count). The van der Waals surface area contributed by atoms with Gasteiger partial charge < -0.3 is 9.64 Å². The molecule has 7 nitrogen and oxygen atoms in total. The van der Waals surface area contributed by atoms with Crippen LogP contribution in [0.25, 0.3) is 10.2 Å². The van der Waals surface area contributed by atoms with E-state index >= 15 is 0 Å². The number of fused-ring (bicyclic) bond motifs is 3. The first kappa shape index (κ1) is 19.4. The number of carbonyl (C=O) groups is 1. The fourth-order valence-corrected chi connectivity index (χ4v) is 5.10. The molecule has 156 valence electrons. The summed E-state index contributed by atoms with van der Waals surface area (Å²) in [6.07, 6.45) is 3.93. The van der Waals surface area contributed by atoms with Crippen molar-refractivity contribution in [3.8, 4) is 5.75 Å². The van der Waals surface area contributed by atoms with Gasteiger partial charge in [0.15, 0.2) is 0 Å². The summed E-state index contributed by atoms with van der Waals surface area (Å²) in [7, 11) is 1.58. The number of hydrogen-bond donors (Lipinski definition) is 0. The minimum absolute atomic E-state index is 0.0393. The Morgan fingerprint density at radius 3 is 2.90 bits per heavy atom. The molecule has 0 atom stereocenters. The van der Waals surface area contributed by atoms with Crippen molar-refractivity contribution in [1.29, 1.82) is 0 Å². The molecule has 0 saturated heterocycles. The minimum atomic E-state index is -0.0549. The predicted molar refractivity (Wildman–Crippen MR) is 119 cm³/mol. The molecule has 0 unspecified atom stereocenters. The first-order chi connectivity index (χ1) is 15.1. The van der Waals surface area contributed by atoms with Gasteiger partial charge in [-0.3, -0.25) is 19.1 Å². The molecular formula is C23H20N4O3S. The van der Waals surface area contributed by atoms with Crippen LogP contribution in [0.1, 0.15) is 26.5 Å². The Kier molecular flexibility index (Phi) is 4.99. The maximum absolute atomic E-state index is 13.2. The van der Waals surface area contributed by atoms with E-state index in [-0.39, 0.29) is 11.5 Å². The number of nitrogens with zero attached hydrogens (tertiary/aromatic N) is 4. The lowest BCUT2D eigenvalue weighted by Gasteiger charge is -2.27. The van der Waals surface area contributed by atoms with E-state index in [1.165, 1.54) is 11.3 Å². The molecule has 0 saturated carbocycles. The summed E-state index contributed by atoms with van der Waals surface area (Å²) in [4.78, 5) is 38.6. The Hall–Kier alpha value is -3.52. The topological polar surface area (TPSA) is 77.3 Å². The Bertz CT molecular complexity index is 1330. The highest BCUT2D eigenvalue weighted by Gasteiger charge is 2.27. The third-order valence-electron chi connectivity index (χ3n) is 5.49. The maximum Gasteiger partial charge on any atom is 0.262 e. The number of thiophene rings is 1. The fourth-order valence-electron chi connectivity index (χ4n) is 3.91. The van der Waals surface area contributed by atoms with Crippen molar-refractivity contribution in [2.24, 2.45) is 0 Å². The highest BCUT2D eigenvalue weighted by Crippen LogP contribution is 2.33. The van der Waals surface area contributed by atoms with E-state index in [0.717, 1.165) is 21.0 Å². The molecule has 0 aliphatic carbocycles. The van der Waals surface area contributed by atoms with Crippen LogP contribution < -0.4 is 10.3 Å². The Morgan fingerprint density at radius 1 is 1.19 bits per heavy atom. The Balaban J connectivity index is 1.45. The molecule has 8 heteroatoms. The average molecular weight is 433 g/mol. The second-order valence-electron chi connectivity index (χ2n) is 7.39. The highest BCUT2D eigenvalue weighted by molar-refractivity contribution is 7.18. The molecule has 0 spiro atoms. The summed E-state index contributed by atoms with van der Waals surface area (Å²) >= 11 is 1.49. The summed E-state index contributed by atoms with van der Waals surface area (Å²) in [5, 5.41) is 0.673. The van der Waals surface area contributed by atoms with Crippen LogP contribution >= 0.6 is 11.3 Å². The Labute approximate surface area is 182 Å². The quantitative estimate of drug-likeness (QED) is 0.495. The number of hydrogen-bond acceptors (Lipinski definition) is 6. The number of pyridine rings is 1. The number of rotatable bonds is 4. The van der Waals surface area contributed by atoms with Gasteiger partial charge in [-0.1, -0.05) is 12.1 Å². The normalized spacial score (nSPS) is 13.3. The number of methoxy groups -OCH3 is 1. The van der Waals surface area contributed by atoms with Crippen LogP contribution in [0, 0.1) is 0 Å². The molecule has 31 heavy (non-hydrogen) atoms. The monoisotopic (exact) mass is 432 g/mol. The van der Waals surface area contributed by atoms with Gasteiger partial charge in [0, 0.05) is 23.2 Å². The summed E-state index contributed by atoms with van der Waals surface area (Å²) in [5.41, 5.74) is 2.37. The van der Waals surface area contributed by atoms with Gasteiger partial charge >= 0.3 is 0 Å². The van der Waals surface area contributed by atoms with E-state index in [1.807, 2.05) is 35.2 Å². The van der Waals surface area contributed by atoms with E-state index in [9.17, 15) is 9.59 Å². The van der Waals surface area contributed by atoms with Crippen LogP contribution in [0.4, 0.5) is 0 Å². The molecular weight excluding hydrogens is 412 g/mol. The van der Waals surface area contributed by atoms with Crippen LogP contribution in [0.3, 0.4) is 0 Å². The molecule has 0 fully saturated rings. The second kappa shape index (κ2) is 7.96. The highest BCUT2D eigenvalue weighted by atomic mass is 32.1. The number of benzene rings is 1. The maximum atomic E-state index is 13.2. The number of carbonyl (C=O) groups excluding carboxylic acids is 1. The molecule has 0 N–H and O–H groups in total. The number of amides is 1. The van der Waals surface area contributed by atoms with E-state index in [0.29, 0.717) is 42.8 Å². The zero-order valence-corrected chi connectivity index (χ0v) is 17.8. The van der Waals surface area contributed by atoms with Gasteiger partial charge in [0.25, 0.3) is 11.5 Å². The standard InChI is InChI=1S/C23H20N4O3S/c1-30-17-7-4-5-15(11-17)22(28)26-10-8-18-19(13-26)31-21-20(18)23(29)27(14-25-21)12-16-6-2-3-9-24-16/h2-7,9,11,14H,8,10,12-13H2,1H3. The van der Waals surface area contributed by atoms with Crippen molar-refractivity contribution in [2.75, 3.05) is 13.7 Å². The molecule has 4 heterocycles. The molecule has 3 aromatic heterocycles. The molecule has 1 aliphatic heterocycles. The third-order valence-corrected chi connectivity index (χ3v) is 6.61. The predicted octanol–water partition coefficient (Wildman–Crippen LogP) is 3.11. The van der Waals surface area contributed by atoms with Crippen molar-refractivity contribution >= 4 is 27.5 Å². The van der Waals surface area contributed by atoms with Crippen molar-refractivity contribution in [3.05, 3.63) is 87.0 Å². The SMILES string of the molecule is COc1cccc(C(=O)N2CCc3c(sc4ncn(Cc5ccccn5)c(=O)c34)C2)c1. The Morgan fingerprint density at radius 2 is 2.10 bits per heavy atom. The molecule has 1 aromatic carbocycles. The van der Waals surface area contributed by atoms with Gasteiger partial charge in [0.1, 0.15) is 10.6 Å². The molecule has 4 aromatic rings. The lowest BCUT2D eigenvalue weighted by atomic mass is 10.0. The second-order valence-corrected chi connectivity index (χ2v) is 8.47. The van der Waals surface area contributed by atoms with Gasteiger partial charge in [-0.15, -0.1) is 11.3 Å².